The van der Waals surface area contributed by atoms with Gasteiger partial charge in [-0.25, -0.2) is 0 Å². The van der Waals surface area contributed by atoms with Crippen LogP contribution in [0.4, 0.5) is 0 Å². The van der Waals surface area contributed by atoms with Crippen LogP contribution in [-0.4, -0.2) is 22.5 Å². The summed E-state index contributed by atoms with van der Waals surface area (Å²) in [6, 6.07) is 2.20. The predicted octanol–water partition coefficient (Wildman–Crippen LogP) is 1.31. The van der Waals surface area contributed by atoms with Crippen molar-refractivity contribution in [2.45, 2.75) is 32.3 Å². The second kappa shape index (κ2) is 3.50. The maximum Gasteiger partial charge on any atom is 0.0813 e. The zero-order chi connectivity index (χ0) is 9.26. The first kappa shape index (κ1) is 8.75. The van der Waals surface area contributed by atoms with Gasteiger partial charge in [0, 0.05) is 12.7 Å². The summed E-state index contributed by atoms with van der Waals surface area (Å²) in [5.74, 6) is 0. The van der Waals surface area contributed by atoms with Crippen LogP contribution in [0.2, 0.25) is 0 Å². The van der Waals surface area contributed by atoms with Crippen LogP contribution < -0.4 is 0 Å². The molecule has 1 aliphatic heterocycles. The van der Waals surface area contributed by atoms with E-state index >= 15 is 0 Å². The summed E-state index contributed by atoms with van der Waals surface area (Å²) in [6.07, 6.45) is 3.78. The number of aromatic nitrogens is 2. The number of ether oxygens (including phenoxy) is 1. The lowest BCUT2D eigenvalue weighted by Gasteiger charge is -1.98. The molecule has 1 unspecified atom stereocenters. The van der Waals surface area contributed by atoms with E-state index in [1.54, 1.807) is 0 Å². The van der Waals surface area contributed by atoms with E-state index in [0.717, 1.165) is 25.9 Å². The van der Waals surface area contributed by atoms with E-state index in [9.17, 15) is 0 Å². The number of nitrogens with zero attached hydrogens (tertiary/aromatic N) is 2. The molecule has 0 spiro atoms. The van der Waals surface area contributed by atoms with Crippen molar-refractivity contribution in [1.29, 1.82) is 0 Å². The molecule has 1 aromatic heterocycles. The lowest BCUT2D eigenvalue weighted by atomic mass is 10.2. The number of hydrogen-bond acceptors (Lipinski definition) is 2. The topological polar surface area (TPSA) is 30.4 Å². The van der Waals surface area contributed by atoms with Gasteiger partial charge >= 0.3 is 0 Å². The Hall–Kier alpha value is -0.830. The molecule has 1 saturated heterocycles. The molecule has 1 aliphatic rings. The van der Waals surface area contributed by atoms with Gasteiger partial charge in [-0.3, -0.25) is 4.68 Å². The van der Waals surface area contributed by atoms with Gasteiger partial charge in [-0.1, -0.05) is 6.92 Å². The highest BCUT2D eigenvalue weighted by atomic mass is 16.6. The summed E-state index contributed by atoms with van der Waals surface area (Å²) in [7, 11) is 2.02. The van der Waals surface area contributed by atoms with Gasteiger partial charge in [-0.05, 0) is 25.3 Å². The molecule has 0 aromatic carbocycles. The first-order valence-corrected chi connectivity index (χ1v) is 4.93. The number of rotatable bonds is 4. The van der Waals surface area contributed by atoms with E-state index in [2.05, 4.69) is 18.1 Å². The maximum absolute atomic E-state index is 5.17. The fraction of sp³-hybridized carbons (Fsp3) is 0.700. The Morgan fingerprint density at radius 2 is 2.46 bits per heavy atom. The molecular formula is C10H16N2O. The maximum atomic E-state index is 5.17. The molecule has 0 bridgehead atoms. The average molecular weight is 180 g/mol. The van der Waals surface area contributed by atoms with Crippen LogP contribution in [0.15, 0.2) is 6.07 Å². The van der Waals surface area contributed by atoms with Crippen molar-refractivity contribution in [3.05, 3.63) is 17.5 Å². The third-order valence-electron chi connectivity index (χ3n) is 2.51. The minimum absolute atomic E-state index is 0.528. The van der Waals surface area contributed by atoms with Crippen LogP contribution in [0.3, 0.4) is 0 Å². The fourth-order valence-electron chi connectivity index (χ4n) is 1.52. The summed E-state index contributed by atoms with van der Waals surface area (Å²) in [4.78, 5) is 0. The van der Waals surface area contributed by atoms with E-state index < -0.39 is 0 Å². The Morgan fingerprint density at radius 3 is 3.00 bits per heavy atom. The molecule has 0 saturated carbocycles. The Labute approximate surface area is 78.7 Å². The quantitative estimate of drug-likeness (QED) is 0.654. The van der Waals surface area contributed by atoms with E-state index in [1.165, 1.54) is 11.4 Å². The van der Waals surface area contributed by atoms with Crippen LogP contribution >= 0.6 is 0 Å². The van der Waals surface area contributed by atoms with Crippen molar-refractivity contribution >= 4 is 0 Å². The molecule has 1 aromatic rings. The predicted molar refractivity (Wildman–Crippen MR) is 50.6 cm³/mol. The van der Waals surface area contributed by atoms with Crippen LogP contribution in [-0.2, 0) is 24.6 Å². The Morgan fingerprint density at radius 1 is 1.69 bits per heavy atom. The first-order valence-electron chi connectivity index (χ1n) is 4.93. The van der Waals surface area contributed by atoms with Crippen molar-refractivity contribution in [1.82, 2.24) is 9.78 Å². The van der Waals surface area contributed by atoms with Gasteiger partial charge in [0.05, 0.1) is 18.4 Å². The minimum Gasteiger partial charge on any atom is -0.373 e. The second-order valence-corrected chi connectivity index (χ2v) is 3.60. The summed E-state index contributed by atoms with van der Waals surface area (Å²) >= 11 is 0. The fourth-order valence-corrected chi connectivity index (χ4v) is 1.52. The van der Waals surface area contributed by atoms with Gasteiger partial charge in [-0.2, -0.15) is 5.10 Å². The van der Waals surface area contributed by atoms with Crippen LogP contribution in [0.25, 0.3) is 0 Å². The lowest BCUT2D eigenvalue weighted by molar-refractivity contribution is 0.395. The number of epoxide rings is 1. The normalized spacial score (nSPS) is 20.6. The Balaban J connectivity index is 1.96. The standard InChI is InChI=1S/C10H16N2O/c1-3-8-6-9(12(2)11-8)4-5-10-7-13-10/h6,10H,3-5,7H2,1-2H3. The van der Waals surface area contributed by atoms with E-state index in [-0.39, 0.29) is 0 Å². The van der Waals surface area contributed by atoms with Gasteiger partial charge in [0.15, 0.2) is 0 Å². The third-order valence-corrected chi connectivity index (χ3v) is 2.51. The minimum atomic E-state index is 0.528. The highest BCUT2D eigenvalue weighted by molar-refractivity contribution is 5.10. The van der Waals surface area contributed by atoms with E-state index in [0.29, 0.717) is 6.10 Å². The molecule has 0 radical (unpaired) electrons. The summed E-state index contributed by atoms with van der Waals surface area (Å²) in [5, 5.41) is 4.40. The average Bonchev–Trinajstić information content (AvgIpc) is 2.88. The lowest BCUT2D eigenvalue weighted by Crippen LogP contribution is -2.00. The van der Waals surface area contributed by atoms with E-state index in [1.807, 2.05) is 11.7 Å². The molecule has 3 nitrogen and oxygen atoms in total. The molecule has 0 N–H and O–H groups in total. The van der Waals surface area contributed by atoms with Crippen LogP contribution in [0.5, 0.6) is 0 Å². The van der Waals surface area contributed by atoms with Crippen molar-refractivity contribution in [2.24, 2.45) is 7.05 Å². The van der Waals surface area contributed by atoms with Gasteiger partial charge in [0.25, 0.3) is 0 Å². The van der Waals surface area contributed by atoms with Crippen molar-refractivity contribution in [2.75, 3.05) is 6.61 Å². The summed E-state index contributed by atoms with van der Waals surface area (Å²) in [6.45, 7) is 3.09. The Bertz CT molecular complexity index is 289. The van der Waals surface area contributed by atoms with Gasteiger partial charge in [-0.15, -0.1) is 0 Å². The molecule has 3 heteroatoms. The molecule has 0 amide bonds. The largest absolute Gasteiger partial charge is 0.373 e. The molecular weight excluding hydrogens is 164 g/mol. The van der Waals surface area contributed by atoms with Crippen LogP contribution in [0.1, 0.15) is 24.7 Å². The molecule has 13 heavy (non-hydrogen) atoms. The van der Waals surface area contributed by atoms with Gasteiger partial charge in [0.1, 0.15) is 0 Å². The zero-order valence-electron chi connectivity index (χ0n) is 8.29. The monoisotopic (exact) mass is 180 g/mol. The highest BCUT2D eigenvalue weighted by Gasteiger charge is 2.22. The SMILES string of the molecule is CCc1cc(CCC2CO2)n(C)n1. The molecule has 72 valence electrons. The smallest absolute Gasteiger partial charge is 0.0813 e. The Kier molecular flexibility index (Phi) is 2.36. The van der Waals surface area contributed by atoms with Gasteiger partial charge in [0.2, 0.25) is 0 Å². The zero-order valence-corrected chi connectivity index (χ0v) is 8.29. The van der Waals surface area contributed by atoms with Crippen LogP contribution in [0, 0.1) is 0 Å². The summed E-state index contributed by atoms with van der Waals surface area (Å²) in [5.41, 5.74) is 2.52. The van der Waals surface area contributed by atoms with Crippen molar-refractivity contribution < 1.29 is 4.74 Å². The summed E-state index contributed by atoms with van der Waals surface area (Å²) < 4.78 is 7.16. The molecule has 1 fully saturated rings. The molecule has 2 heterocycles. The highest BCUT2D eigenvalue weighted by Crippen LogP contribution is 2.17. The number of aryl methyl sites for hydroxylation is 3. The third kappa shape index (κ3) is 2.10. The molecule has 2 rings (SSSR count). The number of hydrogen-bond donors (Lipinski definition) is 0. The second-order valence-electron chi connectivity index (χ2n) is 3.60. The molecule has 0 aliphatic carbocycles. The first-order chi connectivity index (χ1) is 6.29. The molecule has 1 atom stereocenters. The van der Waals surface area contributed by atoms with E-state index in [4.69, 9.17) is 4.74 Å². The van der Waals surface area contributed by atoms with Gasteiger partial charge < -0.3 is 4.74 Å². The van der Waals surface area contributed by atoms with Crippen molar-refractivity contribution in [3.63, 3.8) is 0 Å². The van der Waals surface area contributed by atoms with Crippen molar-refractivity contribution in [3.8, 4) is 0 Å².